The Morgan fingerprint density at radius 3 is 2.61 bits per heavy atom. The van der Waals surface area contributed by atoms with E-state index in [1.165, 1.54) is 6.92 Å². The number of aryl methyl sites for hydroxylation is 1. The van der Waals surface area contributed by atoms with E-state index in [0.717, 1.165) is 22.3 Å². The number of fused-ring (bicyclic) bond motifs is 9. The number of nitriles is 1. The van der Waals surface area contributed by atoms with Crippen molar-refractivity contribution in [1.82, 2.24) is 9.80 Å². The summed E-state index contributed by atoms with van der Waals surface area (Å²) in [5.74, 6) is 1.17. The Balaban J connectivity index is 1.56. The smallest absolute Gasteiger partial charge is 0.309 e. The third-order valence-electron chi connectivity index (χ3n) is 9.86. The molecule has 5 aliphatic heterocycles. The Bertz CT molecular complexity index is 1640. The van der Waals surface area contributed by atoms with E-state index >= 15 is 0 Å². The maximum atomic E-state index is 13.1. The Hall–Kier alpha value is -3.66. The van der Waals surface area contributed by atoms with Gasteiger partial charge in [0, 0.05) is 47.0 Å². The normalized spacial score (nSPS) is 30.4. The van der Waals surface area contributed by atoms with E-state index in [2.05, 4.69) is 21.9 Å². The lowest BCUT2D eigenvalue weighted by Gasteiger charge is -2.61. The van der Waals surface area contributed by atoms with E-state index in [4.69, 9.17) is 23.7 Å². The molecule has 0 saturated carbocycles. The number of nitrogens with zero attached hydrogens (tertiary/aromatic N) is 3. The molecule has 0 amide bonds. The van der Waals surface area contributed by atoms with Crippen LogP contribution in [-0.4, -0.2) is 78.3 Å². The summed E-state index contributed by atoms with van der Waals surface area (Å²) in [4.78, 5) is 30.0. The molecule has 7 atom stereocenters. The lowest BCUT2D eigenvalue weighted by atomic mass is 9.71. The zero-order valence-electron chi connectivity index (χ0n) is 25.5. The fourth-order valence-corrected chi connectivity index (χ4v) is 9.58. The summed E-state index contributed by atoms with van der Waals surface area (Å²) < 4.78 is 29.6. The molecule has 7 rings (SSSR count). The highest BCUT2D eigenvalue weighted by Crippen LogP contribution is 2.64. The molecule has 1 N–H and O–H groups in total. The third-order valence-corrected chi connectivity index (χ3v) is 11.4. The molecule has 2 aromatic rings. The molecule has 5 aliphatic rings. The minimum atomic E-state index is -0.606. The maximum Gasteiger partial charge on any atom is 0.309 e. The van der Waals surface area contributed by atoms with Gasteiger partial charge in [0.2, 0.25) is 6.79 Å². The van der Waals surface area contributed by atoms with E-state index in [1.807, 2.05) is 27.8 Å². The van der Waals surface area contributed by atoms with E-state index in [9.17, 15) is 20.0 Å². The summed E-state index contributed by atoms with van der Waals surface area (Å²) in [7, 11) is 3.55. The predicted octanol–water partition coefficient (Wildman–Crippen LogP) is 3.87. The van der Waals surface area contributed by atoms with Crippen molar-refractivity contribution in [2.75, 3.05) is 33.3 Å². The molecule has 0 aliphatic carbocycles. The van der Waals surface area contributed by atoms with Gasteiger partial charge in [-0.3, -0.25) is 19.4 Å². The summed E-state index contributed by atoms with van der Waals surface area (Å²) in [6.45, 7) is 6.93. The Kier molecular flexibility index (Phi) is 6.91. The highest BCUT2D eigenvalue weighted by molar-refractivity contribution is 7.99. The van der Waals surface area contributed by atoms with Gasteiger partial charge in [0.05, 0.1) is 36.4 Å². The second-order valence-electron chi connectivity index (χ2n) is 12.3. The third kappa shape index (κ3) is 3.95. The van der Waals surface area contributed by atoms with Gasteiger partial charge >= 0.3 is 11.9 Å². The molecule has 12 heteroatoms. The average Bonchev–Trinajstić information content (AvgIpc) is 3.47. The number of benzene rings is 2. The number of phenols is 1. The molecule has 2 aromatic carbocycles. The van der Waals surface area contributed by atoms with Crippen molar-refractivity contribution in [2.24, 2.45) is 5.92 Å². The summed E-state index contributed by atoms with van der Waals surface area (Å²) in [5.41, 5.74) is 4.70. The molecule has 4 bridgehead atoms. The SMILES string of the molecule is COc1c(C)cc2c(c1O)[C@@H]1C3[C@@H]4SC[C@H](C)C(=O)OC[C@@H](c5c6c(c(C)c(OC(C)=O)c54)OCO6)N3[C@@H](C#N)[C@H](C2)N1C. The lowest BCUT2D eigenvalue weighted by Crippen LogP contribution is -2.69. The van der Waals surface area contributed by atoms with Gasteiger partial charge in [-0.25, -0.2) is 0 Å². The lowest BCUT2D eigenvalue weighted by molar-refractivity contribution is -0.153. The van der Waals surface area contributed by atoms with Gasteiger partial charge in [0.1, 0.15) is 18.4 Å². The van der Waals surface area contributed by atoms with E-state index < -0.39 is 18.1 Å². The number of carbonyl (C=O) groups is 2. The molecule has 2 fully saturated rings. The fraction of sp³-hybridized carbons (Fsp3) is 0.531. The molecule has 0 aromatic heterocycles. The van der Waals surface area contributed by atoms with Crippen molar-refractivity contribution < 1.29 is 38.4 Å². The van der Waals surface area contributed by atoms with Crippen molar-refractivity contribution in [3.05, 3.63) is 39.4 Å². The van der Waals surface area contributed by atoms with Gasteiger partial charge in [0.25, 0.3) is 0 Å². The molecule has 44 heavy (non-hydrogen) atoms. The molecule has 0 spiro atoms. The first-order valence-electron chi connectivity index (χ1n) is 14.8. The van der Waals surface area contributed by atoms with Crippen LogP contribution < -0.4 is 18.9 Å². The van der Waals surface area contributed by atoms with Gasteiger partial charge in [-0.15, -0.1) is 0 Å². The quantitative estimate of drug-likeness (QED) is 0.386. The number of hydrogen-bond donors (Lipinski definition) is 1. The Morgan fingerprint density at radius 2 is 1.91 bits per heavy atom. The van der Waals surface area contributed by atoms with Crippen molar-refractivity contribution >= 4 is 23.7 Å². The topological polar surface area (TPSA) is 131 Å². The number of phenolic OH excluding ortho intramolecular Hbond substituents is 1. The number of methoxy groups -OCH3 is 1. The molecule has 2 saturated heterocycles. The van der Waals surface area contributed by atoms with Crippen LogP contribution in [0.4, 0.5) is 0 Å². The van der Waals surface area contributed by atoms with Crippen molar-refractivity contribution in [3.63, 3.8) is 0 Å². The first-order chi connectivity index (χ1) is 21.1. The van der Waals surface area contributed by atoms with Crippen LogP contribution in [0.3, 0.4) is 0 Å². The zero-order valence-corrected chi connectivity index (χ0v) is 26.3. The number of thioether (sulfide) groups is 1. The van der Waals surface area contributed by atoms with Crippen LogP contribution in [-0.2, 0) is 20.7 Å². The molecule has 232 valence electrons. The average molecular weight is 622 g/mol. The monoisotopic (exact) mass is 621 g/mol. The second-order valence-corrected chi connectivity index (χ2v) is 13.5. The second kappa shape index (κ2) is 10.5. The minimum absolute atomic E-state index is 0.00697. The maximum absolute atomic E-state index is 13.1. The van der Waals surface area contributed by atoms with Crippen LogP contribution in [0, 0.1) is 31.1 Å². The number of piperazine rings is 1. The number of hydrogen-bond acceptors (Lipinski definition) is 12. The number of ether oxygens (including phenoxy) is 5. The zero-order chi connectivity index (χ0) is 31.2. The van der Waals surface area contributed by atoms with Gasteiger partial charge in [-0.2, -0.15) is 17.0 Å². The number of esters is 2. The van der Waals surface area contributed by atoms with Crippen molar-refractivity contribution in [2.45, 2.75) is 69.6 Å². The Morgan fingerprint density at radius 1 is 1.16 bits per heavy atom. The van der Waals surface area contributed by atoms with Gasteiger partial charge in [-0.05, 0) is 38.4 Å². The number of aromatic hydroxyl groups is 1. The van der Waals surface area contributed by atoms with Crippen LogP contribution in [0.15, 0.2) is 6.07 Å². The summed E-state index contributed by atoms with van der Waals surface area (Å²) in [6.07, 6.45) is 0.542. The van der Waals surface area contributed by atoms with Crippen LogP contribution in [0.5, 0.6) is 28.7 Å². The minimum Gasteiger partial charge on any atom is -0.504 e. The van der Waals surface area contributed by atoms with E-state index in [0.29, 0.717) is 46.3 Å². The molecule has 11 nitrogen and oxygen atoms in total. The van der Waals surface area contributed by atoms with E-state index in [-0.39, 0.29) is 54.4 Å². The first-order valence-corrected chi connectivity index (χ1v) is 15.8. The molecule has 1 unspecified atom stereocenters. The fourth-order valence-electron chi connectivity index (χ4n) is 8.06. The number of carbonyl (C=O) groups excluding carboxylic acids is 2. The van der Waals surface area contributed by atoms with Crippen molar-refractivity contribution in [3.8, 4) is 34.8 Å². The highest BCUT2D eigenvalue weighted by Gasteiger charge is 2.60. The largest absolute Gasteiger partial charge is 0.504 e. The summed E-state index contributed by atoms with van der Waals surface area (Å²) >= 11 is 1.57. The van der Waals surface area contributed by atoms with Gasteiger partial charge in [-0.1, -0.05) is 13.0 Å². The predicted molar refractivity (Wildman–Crippen MR) is 159 cm³/mol. The molecule has 5 heterocycles. The molecular weight excluding hydrogens is 586 g/mol. The van der Waals surface area contributed by atoms with E-state index in [1.54, 1.807) is 18.9 Å². The Labute approximate surface area is 259 Å². The van der Waals surface area contributed by atoms with Gasteiger partial charge in [0.15, 0.2) is 23.0 Å². The van der Waals surface area contributed by atoms with Crippen LogP contribution in [0.25, 0.3) is 0 Å². The number of cyclic esters (lactones) is 1. The summed E-state index contributed by atoms with van der Waals surface area (Å²) in [5, 5.41) is 22.2. The van der Waals surface area contributed by atoms with Crippen molar-refractivity contribution in [1.29, 1.82) is 5.26 Å². The van der Waals surface area contributed by atoms with Gasteiger partial charge < -0.3 is 28.8 Å². The first kappa shape index (κ1) is 29.1. The highest BCUT2D eigenvalue weighted by atomic mass is 32.2. The van der Waals surface area contributed by atoms with Crippen LogP contribution >= 0.6 is 11.8 Å². The number of likely N-dealkylation sites (N-methyl/N-ethyl adjacent to an activating group) is 1. The molecular formula is C32H35N3O8S. The summed E-state index contributed by atoms with van der Waals surface area (Å²) in [6, 6.07) is 2.50. The standard InChI is InChI=1S/C32H35N3O8S/c1-13-7-17-8-18-19(9-33)35-20-10-40-32(38)14(2)11-44-31(25(35)24(34(18)5)21(17)26(37)27(13)39-6)23-22(20)30-29(41-12-42-30)15(3)28(23)43-16(4)36/h7,14,18-20,24-25,31,37H,8,10-12H2,1-6H3/t14-,18-,19-,20-,24+,25?,31+/m0/s1. The number of rotatable bonds is 2. The molecule has 0 radical (unpaired) electrons. The van der Waals surface area contributed by atoms with Crippen LogP contribution in [0.2, 0.25) is 0 Å². The van der Waals surface area contributed by atoms with Crippen LogP contribution in [0.1, 0.15) is 64.6 Å².